The Morgan fingerprint density at radius 1 is 0.933 bits per heavy atom. The van der Waals surface area contributed by atoms with Crippen molar-refractivity contribution >= 4 is 53.8 Å². The van der Waals surface area contributed by atoms with Crippen molar-refractivity contribution in [2.24, 2.45) is 0 Å². The second-order valence-corrected chi connectivity index (χ2v) is 5.13. The summed E-state index contributed by atoms with van der Waals surface area (Å²) in [5, 5.41) is 2.26. The van der Waals surface area contributed by atoms with Crippen LogP contribution < -0.4 is 0 Å². The van der Waals surface area contributed by atoms with Gasteiger partial charge >= 0.3 is 0 Å². The zero-order valence-corrected chi connectivity index (χ0v) is 10.8. The molecule has 0 amide bonds. The summed E-state index contributed by atoms with van der Waals surface area (Å²) in [4.78, 5) is 0. The molecule has 3 aromatic rings. The third kappa shape index (κ3) is 1.42. The number of hydrogen-bond donors (Lipinski definition) is 0. The predicted molar refractivity (Wildman–Crippen MR) is 69.1 cm³/mol. The lowest BCUT2D eigenvalue weighted by Gasteiger charge is -1.93. The molecule has 15 heavy (non-hydrogen) atoms. The van der Waals surface area contributed by atoms with Gasteiger partial charge in [0, 0.05) is 19.7 Å². The van der Waals surface area contributed by atoms with Gasteiger partial charge in [0.2, 0.25) is 0 Å². The third-order valence-corrected chi connectivity index (χ3v) is 3.56. The molecule has 0 bridgehead atoms. The third-order valence-electron chi connectivity index (χ3n) is 2.41. The quantitative estimate of drug-likeness (QED) is 0.559. The van der Waals surface area contributed by atoms with Crippen LogP contribution in [0.15, 0.2) is 49.8 Å². The van der Waals surface area contributed by atoms with Gasteiger partial charge in [-0.2, -0.15) is 0 Å². The van der Waals surface area contributed by atoms with Crippen LogP contribution in [0, 0.1) is 0 Å². The van der Waals surface area contributed by atoms with Gasteiger partial charge in [-0.25, -0.2) is 0 Å². The first-order chi connectivity index (χ1) is 7.25. The van der Waals surface area contributed by atoms with Gasteiger partial charge < -0.3 is 4.42 Å². The first-order valence-electron chi connectivity index (χ1n) is 4.52. The lowest BCUT2D eigenvalue weighted by Crippen LogP contribution is -1.69. The largest absolute Gasteiger partial charge is 0.456 e. The Hall–Kier alpha value is -0.800. The topological polar surface area (TPSA) is 13.1 Å². The molecular formula is C12H6Br2O. The standard InChI is InChI=1S/C12H6Br2O/c13-7-4-5-10-8(6-7)12-9(14)2-1-3-11(12)15-10/h1-6H. The van der Waals surface area contributed by atoms with E-state index in [4.69, 9.17) is 4.42 Å². The van der Waals surface area contributed by atoms with Crippen molar-refractivity contribution in [2.45, 2.75) is 0 Å². The minimum atomic E-state index is 0.914. The van der Waals surface area contributed by atoms with E-state index in [-0.39, 0.29) is 0 Å². The van der Waals surface area contributed by atoms with Gasteiger partial charge in [0.1, 0.15) is 11.2 Å². The summed E-state index contributed by atoms with van der Waals surface area (Å²) < 4.78 is 7.87. The van der Waals surface area contributed by atoms with Crippen molar-refractivity contribution in [3.63, 3.8) is 0 Å². The fourth-order valence-electron chi connectivity index (χ4n) is 1.76. The predicted octanol–water partition coefficient (Wildman–Crippen LogP) is 5.11. The summed E-state index contributed by atoms with van der Waals surface area (Å²) in [7, 11) is 0. The van der Waals surface area contributed by atoms with Crippen LogP contribution in [0.4, 0.5) is 0 Å². The lowest BCUT2D eigenvalue weighted by atomic mass is 10.2. The van der Waals surface area contributed by atoms with Crippen LogP contribution in [-0.2, 0) is 0 Å². The van der Waals surface area contributed by atoms with E-state index in [9.17, 15) is 0 Å². The van der Waals surface area contributed by atoms with Gasteiger partial charge in [0.25, 0.3) is 0 Å². The number of halogens is 2. The molecule has 3 heteroatoms. The second kappa shape index (κ2) is 3.35. The Morgan fingerprint density at radius 3 is 2.67 bits per heavy atom. The molecule has 0 atom stereocenters. The van der Waals surface area contributed by atoms with Gasteiger partial charge in [-0.3, -0.25) is 0 Å². The van der Waals surface area contributed by atoms with Gasteiger partial charge in [0.15, 0.2) is 0 Å². The Bertz CT molecular complexity index is 655. The van der Waals surface area contributed by atoms with E-state index < -0.39 is 0 Å². The van der Waals surface area contributed by atoms with Gasteiger partial charge in [0.05, 0.1) is 0 Å². The Balaban J connectivity index is 2.61. The number of rotatable bonds is 0. The Labute approximate surface area is 103 Å². The zero-order valence-electron chi connectivity index (χ0n) is 7.63. The van der Waals surface area contributed by atoms with E-state index in [1.807, 2.05) is 30.3 Å². The zero-order chi connectivity index (χ0) is 10.4. The minimum absolute atomic E-state index is 0.914. The Morgan fingerprint density at radius 2 is 1.80 bits per heavy atom. The monoisotopic (exact) mass is 324 g/mol. The second-order valence-electron chi connectivity index (χ2n) is 3.36. The van der Waals surface area contributed by atoms with Crippen LogP contribution in [0.3, 0.4) is 0 Å². The summed E-state index contributed by atoms with van der Waals surface area (Å²) in [5.74, 6) is 0. The highest BCUT2D eigenvalue weighted by atomic mass is 79.9. The van der Waals surface area contributed by atoms with E-state index in [0.717, 1.165) is 30.9 Å². The molecule has 0 radical (unpaired) electrons. The molecule has 1 nitrogen and oxygen atoms in total. The molecule has 0 aliphatic rings. The van der Waals surface area contributed by atoms with Gasteiger partial charge in [-0.1, -0.05) is 37.9 Å². The number of hydrogen-bond acceptors (Lipinski definition) is 1. The number of furan rings is 1. The van der Waals surface area contributed by atoms with Crippen molar-refractivity contribution < 1.29 is 4.42 Å². The molecule has 0 fully saturated rings. The van der Waals surface area contributed by atoms with Crippen LogP contribution in [-0.4, -0.2) is 0 Å². The molecule has 1 heterocycles. The molecule has 0 aliphatic heterocycles. The molecule has 0 N–H and O–H groups in total. The van der Waals surface area contributed by atoms with Crippen LogP contribution in [0.25, 0.3) is 21.9 Å². The van der Waals surface area contributed by atoms with Crippen molar-refractivity contribution in [3.8, 4) is 0 Å². The molecule has 1 aromatic heterocycles. The summed E-state index contributed by atoms with van der Waals surface area (Å²) in [6.07, 6.45) is 0. The molecule has 74 valence electrons. The van der Waals surface area contributed by atoms with E-state index in [0.29, 0.717) is 0 Å². The molecule has 3 rings (SSSR count). The van der Waals surface area contributed by atoms with E-state index in [2.05, 4.69) is 37.9 Å². The molecular weight excluding hydrogens is 320 g/mol. The summed E-state index contributed by atoms with van der Waals surface area (Å²) in [5.41, 5.74) is 1.83. The van der Waals surface area contributed by atoms with Crippen molar-refractivity contribution in [2.75, 3.05) is 0 Å². The fourth-order valence-corrected chi connectivity index (χ4v) is 2.68. The van der Waals surface area contributed by atoms with E-state index >= 15 is 0 Å². The SMILES string of the molecule is Brc1ccc2oc3cccc(Br)c3c2c1. The van der Waals surface area contributed by atoms with Crippen molar-refractivity contribution in [1.29, 1.82) is 0 Å². The molecule has 0 saturated heterocycles. The van der Waals surface area contributed by atoms with E-state index in [1.54, 1.807) is 0 Å². The number of fused-ring (bicyclic) bond motifs is 3. The highest BCUT2D eigenvalue weighted by Gasteiger charge is 2.09. The number of benzene rings is 2. The smallest absolute Gasteiger partial charge is 0.136 e. The Kier molecular flexibility index (Phi) is 2.11. The maximum atomic E-state index is 5.74. The highest BCUT2D eigenvalue weighted by Crippen LogP contribution is 2.35. The first kappa shape index (κ1) is 9.43. The maximum absolute atomic E-state index is 5.74. The summed E-state index contributed by atoms with van der Waals surface area (Å²) >= 11 is 7.02. The lowest BCUT2D eigenvalue weighted by molar-refractivity contribution is 0.669. The average Bonchev–Trinajstić information content (AvgIpc) is 2.57. The summed E-state index contributed by atoms with van der Waals surface area (Å²) in [6.45, 7) is 0. The minimum Gasteiger partial charge on any atom is -0.456 e. The normalized spacial score (nSPS) is 11.3. The molecule has 2 aromatic carbocycles. The molecule has 0 spiro atoms. The van der Waals surface area contributed by atoms with Crippen LogP contribution >= 0.6 is 31.9 Å². The van der Waals surface area contributed by atoms with Crippen molar-refractivity contribution in [3.05, 3.63) is 45.3 Å². The van der Waals surface area contributed by atoms with Gasteiger partial charge in [-0.15, -0.1) is 0 Å². The first-order valence-corrected chi connectivity index (χ1v) is 6.10. The van der Waals surface area contributed by atoms with Crippen LogP contribution in [0.5, 0.6) is 0 Å². The molecule has 0 aliphatic carbocycles. The fraction of sp³-hybridized carbons (Fsp3) is 0. The van der Waals surface area contributed by atoms with Gasteiger partial charge in [-0.05, 0) is 30.3 Å². The van der Waals surface area contributed by atoms with Crippen LogP contribution in [0.2, 0.25) is 0 Å². The van der Waals surface area contributed by atoms with Crippen molar-refractivity contribution in [1.82, 2.24) is 0 Å². The average molecular weight is 326 g/mol. The summed E-state index contributed by atoms with van der Waals surface area (Å²) in [6, 6.07) is 12.0. The molecule has 0 saturated carbocycles. The maximum Gasteiger partial charge on any atom is 0.136 e. The molecule has 0 unspecified atom stereocenters. The van der Waals surface area contributed by atoms with Crippen LogP contribution in [0.1, 0.15) is 0 Å². The van der Waals surface area contributed by atoms with E-state index in [1.165, 1.54) is 0 Å². The highest BCUT2D eigenvalue weighted by molar-refractivity contribution is 9.11.